The quantitative estimate of drug-likeness (QED) is 0.819. The molecule has 5 nitrogen and oxygen atoms in total. The highest BCUT2D eigenvalue weighted by Gasteiger charge is 2.21. The van der Waals surface area contributed by atoms with Crippen LogP contribution in [-0.4, -0.2) is 43.9 Å². The van der Waals surface area contributed by atoms with Crippen LogP contribution in [0, 0.1) is 5.92 Å². The zero-order chi connectivity index (χ0) is 18.4. The predicted octanol–water partition coefficient (Wildman–Crippen LogP) is 3.70. The average Bonchev–Trinajstić information content (AvgIpc) is 2.68. The van der Waals surface area contributed by atoms with Crippen molar-refractivity contribution >= 4 is 0 Å². The third-order valence-electron chi connectivity index (χ3n) is 4.78. The normalized spacial score (nSPS) is 17.7. The average molecular weight is 357 g/mol. The highest BCUT2D eigenvalue weighted by atomic mass is 16.5. The first kappa shape index (κ1) is 18.4. The number of hydrogen-bond donors (Lipinski definition) is 1. The van der Waals surface area contributed by atoms with E-state index >= 15 is 0 Å². The molecule has 0 saturated carbocycles. The summed E-state index contributed by atoms with van der Waals surface area (Å²) in [6.45, 7) is 3.65. The van der Waals surface area contributed by atoms with Crippen molar-refractivity contribution in [3.63, 3.8) is 0 Å². The molecule has 3 rings (SSSR count). The lowest BCUT2D eigenvalue weighted by molar-refractivity contribution is 0.125. The molecule has 0 radical (unpaired) electrons. The summed E-state index contributed by atoms with van der Waals surface area (Å²) in [7, 11) is 3.24. The van der Waals surface area contributed by atoms with Gasteiger partial charge in [-0.1, -0.05) is 12.1 Å². The van der Waals surface area contributed by atoms with Crippen molar-refractivity contribution in [3.8, 4) is 23.0 Å². The molecule has 1 heterocycles. The Bertz CT molecular complexity index is 719. The maximum Gasteiger partial charge on any atom is 0.160 e. The Kier molecular flexibility index (Phi) is 6.23. The van der Waals surface area contributed by atoms with Gasteiger partial charge in [0.25, 0.3) is 0 Å². The first-order chi connectivity index (χ1) is 12.7. The van der Waals surface area contributed by atoms with Gasteiger partial charge in [0, 0.05) is 25.1 Å². The van der Waals surface area contributed by atoms with Gasteiger partial charge in [-0.25, -0.2) is 0 Å². The van der Waals surface area contributed by atoms with Crippen LogP contribution in [0.5, 0.6) is 23.0 Å². The number of piperidine rings is 1. The number of aromatic hydroxyl groups is 1. The Morgan fingerprint density at radius 2 is 1.92 bits per heavy atom. The van der Waals surface area contributed by atoms with Crippen molar-refractivity contribution in [2.24, 2.45) is 5.92 Å². The van der Waals surface area contributed by atoms with Crippen LogP contribution in [0.25, 0.3) is 0 Å². The van der Waals surface area contributed by atoms with E-state index < -0.39 is 0 Å². The van der Waals surface area contributed by atoms with Crippen molar-refractivity contribution in [2.45, 2.75) is 19.4 Å². The van der Waals surface area contributed by atoms with E-state index in [4.69, 9.17) is 14.2 Å². The van der Waals surface area contributed by atoms with E-state index in [0.29, 0.717) is 18.3 Å². The van der Waals surface area contributed by atoms with Crippen molar-refractivity contribution < 1.29 is 19.3 Å². The number of nitrogens with zero attached hydrogens (tertiary/aromatic N) is 1. The van der Waals surface area contributed by atoms with Crippen LogP contribution < -0.4 is 14.2 Å². The number of ether oxygens (including phenoxy) is 3. The minimum absolute atomic E-state index is 0.180. The number of rotatable bonds is 7. The first-order valence-electron chi connectivity index (χ1n) is 9.03. The predicted molar refractivity (Wildman–Crippen MR) is 101 cm³/mol. The number of methoxy groups -OCH3 is 2. The second-order valence-corrected chi connectivity index (χ2v) is 6.74. The van der Waals surface area contributed by atoms with E-state index in [0.717, 1.165) is 36.7 Å². The molecule has 1 fully saturated rings. The van der Waals surface area contributed by atoms with Gasteiger partial charge in [-0.3, -0.25) is 4.90 Å². The number of hydrogen-bond acceptors (Lipinski definition) is 5. The molecule has 140 valence electrons. The van der Waals surface area contributed by atoms with Crippen LogP contribution in [0.3, 0.4) is 0 Å². The third kappa shape index (κ3) is 4.82. The minimum atomic E-state index is 0.180. The first-order valence-corrected chi connectivity index (χ1v) is 9.03. The zero-order valence-corrected chi connectivity index (χ0v) is 15.5. The lowest BCUT2D eigenvalue weighted by atomic mass is 9.98. The number of phenolic OH excluding ortho intramolecular Hbond substituents is 1. The smallest absolute Gasteiger partial charge is 0.160 e. The van der Waals surface area contributed by atoms with E-state index in [-0.39, 0.29) is 5.75 Å². The molecular weight excluding hydrogens is 330 g/mol. The molecule has 1 aliphatic rings. The van der Waals surface area contributed by atoms with Crippen LogP contribution in [-0.2, 0) is 6.54 Å². The van der Waals surface area contributed by atoms with Crippen LogP contribution in [0.4, 0.5) is 0 Å². The molecule has 0 unspecified atom stereocenters. The summed E-state index contributed by atoms with van der Waals surface area (Å²) in [6, 6.07) is 13.3. The zero-order valence-electron chi connectivity index (χ0n) is 15.5. The summed E-state index contributed by atoms with van der Waals surface area (Å²) in [6.07, 6.45) is 2.35. The van der Waals surface area contributed by atoms with Gasteiger partial charge in [-0.05, 0) is 49.2 Å². The Morgan fingerprint density at radius 1 is 1.08 bits per heavy atom. The van der Waals surface area contributed by atoms with Gasteiger partial charge in [-0.2, -0.15) is 0 Å². The van der Waals surface area contributed by atoms with Gasteiger partial charge >= 0.3 is 0 Å². The molecule has 5 heteroatoms. The molecule has 0 amide bonds. The third-order valence-corrected chi connectivity index (χ3v) is 4.78. The molecule has 2 aromatic rings. The lowest BCUT2D eigenvalue weighted by Crippen LogP contribution is -2.37. The standard InChI is InChI=1S/C21H27NO4/c1-24-18-6-3-7-19(12-18)26-15-17-5-4-10-22(14-17)13-16-8-9-20(23)21(11-16)25-2/h3,6-9,11-12,17,23H,4-5,10,13-15H2,1-2H3/t17-/m0/s1. The van der Waals surface area contributed by atoms with E-state index in [1.54, 1.807) is 20.3 Å². The Morgan fingerprint density at radius 3 is 2.73 bits per heavy atom. The van der Waals surface area contributed by atoms with E-state index in [2.05, 4.69) is 4.90 Å². The Labute approximate surface area is 155 Å². The number of phenols is 1. The number of benzene rings is 2. The fraction of sp³-hybridized carbons (Fsp3) is 0.429. The summed E-state index contributed by atoms with van der Waals surface area (Å²) in [5.74, 6) is 2.88. The Balaban J connectivity index is 1.53. The molecule has 2 aromatic carbocycles. The summed E-state index contributed by atoms with van der Waals surface area (Å²) >= 11 is 0. The fourth-order valence-corrected chi connectivity index (χ4v) is 3.41. The summed E-state index contributed by atoms with van der Waals surface area (Å²) in [4.78, 5) is 2.44. The van der Waals surface area contributed by atoms with Crippen molar-refractivity contribution in [1.82, 2.24) is 4.90 Å². The van der Waals surface area contributed by atoms with Crippen molar-refractivity contribution in [3.05, 3.63) is 48.0 Å². The van der Waals surface area contributed by atoms with Crippen LogP contribution in [0.1, 0.15) is 18.4 Å². The summed E-state index contributed by atoms with van der Waals surface area (Å²) in [5, 5.41) is 9.73. The van der Waals surface area contributed by atoms with Crippen molar-refractivity contribution in [1.29, 1.82) is 0 Å². The van der Waals surface area contributed by atoms with Crippen molar-refractivity contribution in [2.75, 3.05) is 33.9 Å². The molecule has 0 aliphatic carbocycles. The lowest BCUT2D eigenvalue weighted by Gasteiger charge is -2.32. The van der Waals surface area contributed by atoms with E-state index in [9.17, 15) is 5.11 Å². The molecule has 0 bridgehead atoms. The van der Waals surface area contributed by atoms with E-state index in [1.807, 2.05) is 36.4 Å². The molecule has 1 saturated heterocycles. The molecular formula is C21H27NO4. The number of likely N-dealkylation sites (tertiary alicyclic amines) is 1. The van der Waals surface area contributed by atoms with Gasteiger partial charge < -0.3 is 19.3 Å². The van der Waals surface area contributed by atoms with Gasteiger partial charge in [0.2, 0.25) is 0 Å². The second-order valence-electron chi connectivity index (χ2n) is 6.74. The maximum atomic E-state index is 9.73. The monoisotopic (exact) mass is 357 g/mol. The molecule has 26 heavy (non-hydrogen) atoms. The van der Waals surface area contributed by atoms with Gasteiger partial charge in [0.1, 0.15) is 11.5 Å². The largest absolute Gasteiger partial charge is 0.504 e. The molecule has 0 spiro atoms. The van der Waals surface area contributed by atoms with Gasteiger partial charge in [0.05, 0.1) is 20.8 Å². The van der Waals surface area contributed by atoms with Gasteiger partial charge in [-0.15, -0.1) is 0 Å². The summed E-state index contributed by atoms with van der Waals surface area (Å²) in [5.41, 5.74) is 1.15. The Hall–Kier alpha value is -2.40. The second kappa shape index (κ2) is 8.81. The highest BCUT2D eigenvalue weighted by Crippen LogP contribution is 2.28. The minimum Gasteiger partial charge on any atom is -0.504 e. The molecule has 0 aromatic heterocycles. The SMILES string of the molecule is COc1cccc(OC[C@H]2CCCN(Cc3ccc(O)c(OC)c3)C2)c1. The molecule has 1 aliphatic heterocycles. The van der Waals surface area contributed by atoms with E-state index in [1.165, 1.54) is 12.8 Å². The van der Waals surface area contributed by atoms with Crippen LogP contribution in [0.15, 0.2) is 42.5 Å². The van der Waals surface area contributed by atoms with Crippen LogP contribution >= 0.6 is 0 Å². The molecule has 1 N–H and O–H groups in total. The molecule has 1 atom stereocenters. The maximum absolute atomic E-state index is 9.73. The van der Waals surface area contributed by atoms with Crippen LogP contribution in [0.2, 0.25) is 0 Å². The highest BCUT2D eigenvalue weighted by molar-refractivity contribution is 5.41. The topological polar surface area (TPSA) is 51.2 Å². The fourth-order valence-electron chi connectivity index (χ4n) is 3.41. The summed E-state index contributed by atoms with van der Waals surface area (Å²) < 4.78 is 16.4. The van der Waals surface area contributed by atoms with Gasteiger partial charge in [0.15, 0.2) is 11.5 Å².